The Morgan fingerprint density at radius 3 is 2.86 bits per heavy atom. The largest absolute Gasteiger partial charge is 0.353 e. The first-order valence-electron chi connectivity index (χ1n) is 9.56. The Hall–Kier alpha value is -3.00. The fraction of sp³-hybridized carbons (Fsp3) is 0.400. The summed E-state index contributed by atoms with van der Waals surface area (Å²) in [5, 5.41) is 11.4. The Labute approximate surface area is 163 Å². The standard InChI is InChI=1S/C20H24N6O2/c1-3-26-14(2)16(12-22-26)13-25-10-9-21-20(27)17(25)11-18-23-19(24-28-18)15-7-5-4-6-8-15/h4-8,12,17H,3,9-11,13H2,1-2H3,(H,21,27). The molecule has 1 saturated heterocycles. The maximum atomic E-state index is 12.6. The van der Waals surface area contributed by atoms with Crippen LogP contribution < -0.4 is 5.32 Å². The molecule has 8 heteroatoms. The van der Waals surface area contributed by atoms with Crippen LogP contribution in [0, 0.1) is 6.92 Å². The molecule has 0 aliphatic carbocycles. The van der Waals surface area contributed by atoms with Crippen molar-refractivity contribution in [2.45, 2.75) is 39.4 Å². The third kappa shape index (κ3) is 3.68. The Bertz CT molecular complexity index is 949. The van der Waals surface area contributed by atoms with Crippen molar-refractivity contribution in [1.29, 1.82) is 0 Å². The van der Waals surface area contributed by atoms with Crippen molar-refractivity contribution in [2.75, 3.05) is 13.1 Å². The fourth-order valence-electron chi connectivity index (χ4n) is 3.56. The minimum atomic E-state index is -0.345. The summed E-state index contributed by atoms with van der Waals surface area (Å²) in [6.45, 7) is 7.04. The van der Waals surface area contributed by atoms with E-state index < -0.39 is 0 Å². The smallest absolute Gasteiger partial charge is 0.237 e. The van der Waals surface area contributed by atoms with Gasteiger partial charge in [-0.1, -0.05) is 35.5 Å². The second-order valence-corrected chi connectivity index (χ2v) is 6.93. The molecule has 1 aliphatic rings. The van der Waals surface area contributed by atoms with Crippen molar-refractivity contribution in [3.8, 4) is 11.4 Å². The molecule has 0 radical (unpaired) electrons. The Kier molecular flexibility index (Phi) is 5.21. The average molecular weight is 380 g/mol. The number of aromatic nitrogens is 4. The molecule has 1 unspecified atom stereocenters. The highest BCUT2D eigenvalue weighted by atomic mass is 16.5. The Balaban J connectivity index is 1.51. The van der Waals surface area contributed by atoms with Crippen LogP contribution in [0.15, 0.2) is 41.1 Å². The van der Waals surface area contributed by atoms with Crippen LogP contribution in [0.4, 0.5) is 0 Å². The van der Waals surface area contributed by atoms with Crippen LogP contribution in [0.3, 0.4) is 0 Å². The van der Waals surface area contributed by atoms with Gasteiger partial charge < -0.3 is 9.84 Å². The molecule has 4 rings (SSSR count). The number of piperazine rings is 1. The maximum Gasteiger partial charge on any atom is 0.237 e. The summed E-state index contributed by atoms with van der Waals surface area (Å²) in [5.74, 6) is 0.997. The number of hydrogen-bond donors (Lipinski definition) is 1. The van der Waals surface area contributed by atoms with Gasteiger partial charge in [0, 0.05) is 43.0 Å². The van der Waals surface area contributed by atoms with Gasteiger partial charge in [-0.2, -0.15) is 10.1 Å². The first kappa shape index (κ1) is 18.4. The SMILES string of the molecule is CCn1ncc(CN2CCNC(=O)C2Cc2nc(-c3ccccc3)no2)c1C. The lowest BCUT2D eigenvalue weighted by Crippen LogP contribution is -2.55. The Morgan fingerprint density at radius 2 is 2.11 bits per heavy atom. The summed E-state index contributed by atoms with van der Waals surface area (Å²) in [7, 11) is 0. The molecule has 3 aromatic rings. The molecule has 28 heavy (non-hydrogen) atoms. The summed E-state index contributed by atoms with van der Waals surface area (Å²) in [5.41, 5.74) is 3.17. The first-order valence-corrected chi connectivity index (χ1v) is 9.56. The van der Waals surface area contributed by atoms with Gasteiger partial charge in [-0.25, -0.2) is 0 Å². The van der Waals surface area contributed by atoms with Crippen LogP contribution in [-0.2, 0) is 24.3 Å². The van der Waals surface area contributed by atoms with Gasteiger partial charge in [0.1, 0.15) is 0 Å². The maximum absolute atomic E-state index is 12.6. The quantitative estimate of drug-likeness (QED) is 0.702. The molecule has 1 aliphatic heterocycles. The van der Waals surface area contributed by atoms with Crippen LogP contribution in [0.25, 0.3) is 11.4 Å². The van der Waals surface area contributed by atoms with E-state index in [9.17, 15) is 4.79 Å². The van der Waals surface area contributed by atoms with Gasteiger partial charge in [0.2, 0.25) is 17.6 Å². The zero-order valence-electron chi connectivity index (χ0n) is 16.1. The minimum absolute atomic E-state index is 0.00810. The van der Waals surface area contributed by atoms with Crippen molar-refractivity contribution >= 4 is 5.91 Å². The van der Waals surface area contributed by atoms with Gasteiger partial charge in [-0.3, -0.25) is 14.4 Å². The van der Waals surface area contributed by atoms with Crippen LogP contribution in [-0.4, -0.2) is 49.9 Å². The lowest BCUT2D eigenvalue weighted by molar-refractivity contribution is -0.129. The lowest BCUT2D eigenvalue weighted by Gasteiger charge is -2.34. The van der Waals surface area contributed by atoms with E-state index in [0.29, 0.717) is 31.2 Å². The van der Waals surface area contributed by atoms with Crippen LogP contribution in [0.1, 0.15) is 24.1 Å². The number of benzene rings is 1. The fourth-order valence-corrected chi connectivity index (χ4v) is 3.56. The van der Waals surface area contributed by atoms with Crippen LogP contribution >= 0.6 is 0 Å². The molecular weight excluding hydrogens is 356 g/mol. The van der Waals surface area contributed by atoms with E-state index in [2.05, 4.69) is 39.3 Å². The number of nitrogens with zero attached hydrogens (tertiary/aromatic N) is 5. The molecule has 1 fully saturated rings. The van der Waals surface area contributed by atoms with E-state index >= 15 is 0 Å². The lowest BCUT2D eigenvalue weighted by atomic mass is 10.1. The van der Waals surface area contributed by atoms with E-state index in [1.807, 2.05) is 41.2 Å². The molecule has 1 amide bonds. The van der Waals surface area contributed by atoms with Gasteiger partial charge in [0.05, 0.1) is 18.7 Å². The van der Waals surface area contributed by atoms with E-state index in [-0.39, 0.29) is 11.9 Å². The van der Waals surface area contributed by atoms with Crippen molar-refractivity contribution in [2.24, 2.45) is 0 Å². The molecule has 0 bridgehead atoms. The summed E-state index contributed by atoms with van der Waals surface area (Å²) in [4.78, 5) is 19.2. The van der Waals surface area contributed by atoms with E-state index in [4.69, 9.17) is 4.52 Å². The summed E-state index contributed by atoms with van der Waals surface area (Å²) < 4.78 is 7.40. The number of carbonyl (C=O) groups is 1. The van der Waals surface area contributed by atoms with Gasteiger partial charge in [0.15, 0.2) is 0 Å². The van der Waals surface area contributed by atoms with Gasteiger partial charge in [-0.15, -0.1) is 0 Å². The minimum Gasteiger partial charge on any atom is -0.353 e. The van der Waals surface area contributed by atoms with Crippen LogP contribution in [0.2, 0.25) is 0 Å². The predicted molar refractivity (Wildman–Crippen MR) is 103 cm³/mol. The van der Waals surface area contributed by atoms with E-state index in [1.54, 1.807) is 0 Å². The first-order chi connectivity index (χ1) is 13.7. The van der Waals surface area contributed by atoms with Gasteiger partial charge >= 0.3 is 0 Å². The highest BCUT2D eigenvalue weighted by Crippen LogP contribution is 2.19. The monoisotopic (exact) mass is 380 g/mol. The second-order valence-electron chi connectivity index (χ2n) is 6.93. The van der Waals surface area contributed by atoms with Crippen molar-refractivity contribution in [3.63, 3.8) is 0 Å². The van der Waals surface area contributed by atoms with Crippen LogP contribution in [0.5, 0.6) is 0 Å². The molecule has 0 spiro atoms. The van der Waals surface area contributed by atoms with Crippen molar-refractivity contribution in [1.82, 2.24) is 30.1 Å². The van der Waals surface area contributed by atoms with Gasteiger partial charge in [-0.05, 0) is 13.8 Å². The number of nitrogens with one attached hydrogen (secondary N) is 1. The second kappa shape index (κ2) is 7.93. The molecule has 1 aromatic carbocycles. The van der Waals surface area contributed by atoms with E-state index in [1.165, 1.54) is 0 Å². The van der Waals surface area contributed by atoms with E-state index in [0.717, 1.165) is 29.9 Å². The van der Waals surface area contributed by atoms with Gasteiger partial charge in [0.25, 0.3) is 0 Å². The molecular formula is C20H24N6O2. The van der Waals surface area contributed by atoms with Crippen molar-refractivity contribution in [3.05, 3.63) is 53.7 Å². The average Bonchev–Trinajstić information content (AvgIpc) is 3.32. The summed E-state index contributed by atoms with van der Waals surface area (Å²) >= 11 is 0. The molecule has 1 N–H and O–H groups in total. The highest BCUT2D eigenvalue weighted by Gasteiger charge is 2.32. The molecule has 2 aromatic heterocycles. The molecule has 146 valence electrons. The number of aryl methyl sites for hydroxylation is 1. The summed E-state index contributed by atoms with van der Waals surface area (Å²) in [6.07, 6.45) is 2.27. The molecule has 1 atom stereocenters. The van der Waals surface area contributed by atoms with Crippen molar-refractivity contribution < 1.29 is 9.32 Å². The topological polar surface area (TPSA) is 89.1 Å². The third-order valence-electron chi connectivity index (χ3n) is 5.19. The number of hydrogen-bond acceptors (Lipinski definition) is 6. The highest BCUT2D eigenvalue weighted by molar-refractivity contribution is 5.82. The zero-order chi connectivity index (χ0) is 19.5. The zero-order valence-corrected chi connectivity index (χ0v) is 16.1. The third-order valence-corrected chi connectivity index (χ3v) is 5.19. The summed E-state index contributed by atoms with van der Waals surface area (Å²) in [6, 6.07) is 9.32. The normalized spacial score (nSPS) is 17.6. The molecule has 3 heterocycles. The Morgan fingerprint density at radius 1 is 1.29 bits per heavy atom. The number of carbonyl (C=O) groups excluding carboxylic acids is 1. The predicted octanol–water partition coefficient (Wildman–Crippen LogP) is 1.80. The number of rotatable bonds is 6. The number of amides is 1. The molecule has 8 nitrogen and oxygen atoms in total. The molecule has 0 saturated carbocycles.